The van der Waals surface area contributed by atoms with Crippen molar-refractivity contribution >= 4 is 23.4 Å². The highest BCUT2D eigenvalue weighted by Crippen LogP contribution is 2.36. The lowest BCUT2D eigenvalue weighted by atomic mass is 9.94. The molecule has 0 spiro atoms. The number of carbonyl (C=O) groups is 2. The number of hydrogen-bond donors (Lipinski definition) is 2. The third-order valence-corrected chi connectivity index (χ3v) is 10.00. The second-order valence-corrected chi connectivity index (χ2v) is 13.0. The summed E-state index contributed by atoms with van der Waals surface area (Å²) in [7, 11) is 0. The molecule has 4 aromatic rings. The van der Waals surface area contributed by atoms with Crippen LogP contribution in [0.2, 0.25) is 0 Å². The van der Waals surface area contributed by atoms with Gasteiger partial charge in [-0.05, 0) is 69.2 Å². The Hall–Kier alpha value is -4.80. The van der Waals surface area contributed by atoms with Gasteiger partial charge < -0.3 is 24.5 Å². The fraction of sp³-hybridized carbons (Fsp3) is 0.444. The van der Waals surface area contributed by atoms with Crippen molar-refractivity contribution in [2.75, 3.05) is 49.1 Å². The number of amides is 4. The summed E-state index contributed by atoms with van der Waals surface area (Å²) in [6, 6.07) is 16.3. The quantitative estimate of drug-likeness (QED) is 0.274. The lowest BCUT2D eigenvalue weighted by Gasteiger charge is -2.40. The van der Waals surface area contributed by atoms with E-state index in [0.29, 0.717) is 18.4 Å². The number of aromatic amines is 2. The van der Waals surface area contributed by atoms with Crippen LogP contribution in [0.3, 0.4) is 0 Å². The third-order valence-electron chi connectivity index (χ3n) is 10.00. The van der Waals surface area contributed by atoms with Crippen molar-refractivity contribution < 1.29 is 14.3 Å². The van der Waals surface area contributed by atoms with E-state index in [1.165, 1.54) is 5.56 Å². The minimum Gasteiger partial charge on any atom is -0.489 e. The number of nitrogens with zero attached hydrogens (tertiary/aromatic N) is 6. The molecule has 0 saturated carbocycles. The molecule has 11 nitrogen and oxygen atoms in total. The van der Waals surface area contributed by atoms with E-state index in [1.807, 2.05) is 69.2 Å². The van der Waals surface area contributed by atoms with E-state index in [9.17, 15) is 9.59 Å². The van der Waals surface area contributed by atoms with Crippen LogP contribution in [-0.4, -0.2) is 87.2 Å². The Bertz CT molecular complexity index is 1630. The first-order chi connectivity index (χ1) is 23.1. The van der Waals surface area contributed by atoms with Gasteiger partial charge in [0.1, 0.15) is 12.4 Å². The molecular formula is C36H44N8O3. The predicted octanol–water partition coefficient (Wildman–Crippen LogP) is 6.16. The Morgan fingerprint density at radius 3 is 1.94 bits per heavy atom. The molecule has 2 aromatic heterocycles. The first-order valence-electron chi connectivity index (χ1n) is 17.0. The van der Waals surface area contributed by atoms with Crippen LogP contribution in [0.1, 0.15) is 67.8 Å². The van der Waals surface area contributed by atoms with Gasteiger partial charge in [0.05, 0.1) is 35.8 Å². The van der Waals surface area contributed by atoms with E-state index >= 15 is 0 Å². The lowest BCUT2D eigenvalue weighted by molar-refractivity contribution is 0.178. The number of piperidine rings is 2. The molecule has 8 rings (SSSR count). The van der Waals surface area contributed by atoms with E-state index < -0.39 is 0 Å². The summed E-state index contributed by atoms with van der Waals surface area (Å²) in [5.74, 6) is 1.70. The lowest BCUT2D eigenvalue weighted by Crippen LogP contribution is -2.52. The zero-order valence-corrected chi connectivity index (χ0v) is 27.1. The standard InChI is InChI=1S/C18H22N4O2.C18H22N4O/c1-13-11-24-17-5-3-2-4-16(17)22(13)18(23)21-8-6-14(7-9-21)15-10-19-12-20-15;23-18(22-9-3-5-15-4-1-2-6-17(15)22)21-10-7-14(8-11-21)16-12-19-13-20-16/h2-5,10,12-14H,6-9,11H2,1H3,(H,19,20);1-2,4,6,12-14H,3,5,7-11H2,(H,19,20). The average molecular weight is 637 g/mol. The highest BCUT2D eigenvalue weighted by Gasteiger charge is 2.35. The minimum atomic E-state index is 0.0384. The highest BCUT2D eigenvalue weighted by atomic mass is 16.5. The van der Waals surface area contributed by atoms with E-state index in [0.717, 1.165) is 99.8 Å². The maximum absolute atomic E-state index is 13.1. The van der Waals surface area contributed by atoms with Crippen molar-refractivity contribution in [3.05, 3.63) is 90.5 Å². The van der Waals surface area contributed by atoms with Crippen LogP contribution in [0.15, 0.2) is 73.6 Å². The number of aromatic nitrogens is 4. The van der Waals surface area contributed by atoms with E-state index in [-0.39, 0.29) is 18.1 Å². The summed E-state index contributed by atoms with van der Waals surface area (Å²) in [4.78, 5) is 48.6. The van der Waals surface area contributed by atoms with Crippen LogP contribution in [0.25, 0.3) is 0 Å². The Balaban J connectivity index is 0.000000150. The van der Waals surface area contributed by atoms with Gasteiger partial charge in [0.25, 0.3) is 0 Å². The number of carbonyl (C=O) groups excluding carboxylic acids is 2. The van der Waals surface area contributed by atoms with Crippen molar-refractivity contribution in [2.24, 2.45) is 0 Å². The molecule has 0 radical (unpaired) electrons. The summed E-state index contributed by atoms with van der Waals surface area (Å²) in [5.41, 5.74) is 5.49. The Labute approximate surface area is 275 Å². The van der Waals surface area contributed by atoms with Gasteiger partial charge in [-0.1, -0.05) is 30.3 Å². The van der Waals surface area contributed by atoms with Crippen molar-refractivity contribution in [3.63, 3.8) is 0 Å². The third kappa shape index (κ3) is 6.57. The molecule has 0 aliphatic carbocycles. The number of anilines is 2. The molecule has 6 heterocycles. The Morgan fingerprint density at radius 1 is 0.745 bits per heavy atom. The molecule has 2 saturated heterocycles. The van der Waals surface area contributed by atoms with Gasteiger partial charge in [-0.2, -0.15) is 0 Å². The number of likely N-dealkylation sites (tertiary alicyclic amines) is 2. The molecule has 4 amide bonds. The van der Waals surface area contributed by atoms with Gasteiger partial charge in [-0.3, -0.25) is 9.80 Å². The number of para-hydroxylation sites is 3. The monoisotopic (exact) mass is 636 g/mol. The molecule has 246 valence electrons. The number of fused-ring (bicyclic) bond motifs is 2. The molecule has 1 atom stereocenters. The summed E-state index contributed by atoms with van der Waals surface area (Å²) in [6.45, 7) is 6.56. The van der Waals surface area contributed by atoms with Gasteiger partial charge in [-0.15, -0.1) is 0 Å². The molecule has 0 bridgehead atoms. The van der Waals surface area contributed by atoms with Gasteiger partial charge in [0.2, 0.25) is 0 Å². The van der Waals surface area contributed by atoms with Gasteiger partial charge in [0.15, 0.2) is 0 Å². The van der Waals surface area contributed by atoms with Gasteiger partial charge >= 0.3 is 12.1 Å². The van der Waals surface area contributed by atoms with Crippen LogP contribution in [-0.2, 0) is 6.42 Å². The van der Waals surface area contributed by atoms with Crippen molar-refractivity contribution in [3.8, 4) is 5.75 Å². The van der Waals surface area contributed by atoms with Crippen molar-refractivity contribution in [2.45, 2.75) is 63.3 Å². The molecule has 4 aliphatic rings. The molecule has 47 heavy (non-hydrogen) atoms. The van der Waals surface area contributed by atoms with Crippen molar-refractivity contribution in [1.29, 1.82) is 0 Å². The summed E-state index contributed by atoms with van der Waals surface area (Å²) in [5, 5.41) is 0. The summed E-state index contributed by atoms with van der Waals surface area (Å²) >= 11 is 0. The molecule has 11 heteroatoms. The highest BCUT2D eigenvalue weighted by molar-refractivity contribution is 5.95. The number of benzene rings is 2. The first kappa shape index (κ1) is 30.8. The van der Waals surface area contributed by atoms with Crippen LogP contribution < -0.4 is 14.5 Å². The second kappa shape index (κ2) is 13.9. The first-order valence-corrected chi connectivity index (χ1v) is 17.0. The summed E-state index contributed by atoms with van der Waals surface area (Å²) in [6.07, 6.45) is 13.4. The normalized spacial score (nSPS) is 20.1. The smallest absolute Gasteiger partial charge is 0.324 e. The largest absolute Gasteiger partial charge is 0.489 e. The van der Waals surface area contributed by atoms with Crippen LogP contribution in [0, 0.1) is 0 Å². The van der Waals surface area contributed by atoms with Gasteiger partial charge in [-0.25, -0.2) is 19.6 Å². The zero-order valence-electron chi connectivity index (χ0n) is 27.1. The zero-order chi connectivity index (χ0) is 32.2. The maximum atomic E-state index is 13.1. The molecule has 4 aliphatic heterocycles. The number of nitrogens with one attached hydrogen (secondary N) is 2. The van der Waals surface area contributed by atoms with Crippen LogP contribution >= 0.6 is 0 Å². The molecule has 2 fully saturated rings. The fourth-order valence-electron chi connectivity index (χ4n) is 7.37. The predicted molar refractivity (Wildman–Crippen MR) is 181 cm³/mol. The van der Waals surface area contributed by atoms with E-state index in [4.69, 9.17) is 4.74 Å². The van der Waals surface area contributed by atoms with Crippen LogP contribution in [0.4, 0.5) is 21.0 Å². The average Bonchev–Trinajstić information content (AvgIpc) is 3.87. The van der Waals surface area contributed by atoms with E-state index in [2.05, 4.69) is 38.1 Å². The number of imidazole rings is 2. The number of H-pyrrole nitrogens is 2. The number of hydrogen-bond acceptors (Lipinski definition) is 5. The van der Waals surface area contributed by atoms with Crippen LogP contribution in [0.5, 0.6) is 5.75 Å². The topological polar surface area (TPSA) is 114 Å². The number of urea groups is 2. The minimum absolute atomic E-state index is 0.0384. The van der Waals surface area contributed by atoms with Crippen molar-refractivity contribution in [1.82, 2.24) is 29.7 Å². The van der Waals surface area contributed by atoms with Gasteiger partial charge in [0, 0.05) is 62.6 Å². The van der Waals surface area contributed by atoms with E-state index in [1.54, 1.807) is 12.7 Å². The molecule has 2 aromatic carbocycles. The fourth-order valence-corrected chi connectivity index (χ4v) is 7.37. The number of rotatable bonds is 2. The Kier molecular flexibility index (Phi) is 9.12. The SMILES string of the molecule is CC1COc2ccccc2N1C(=O)N1CCC(c2c[nH]cn2)CC1.O=C(N1CCC(c2c[nH]cn2)CC1)N1CCCc2ccccc21. The number of ether oxygens (including phenoxy) is 1. The summed E-state index contributed by atoms with van der Waals surface area (Å²) < 4.78 is 5.75. The molecule has 1 unspecified atom stereocenters. The molecule has 2 N–H and O–H groups in total. The Morgan fingerprint density at radius 2 is 1.32 bits per heavy atom. The molecular weight excluding hydrogens is 592 g/mol. The number of aryl methyl sites for hydroxylation is 1. The maximum Gasteiger partial charge on any atom is 0.324 e. The second-order valence-electron chi connectivity index (χ2n) is 13.0.